The number of amides is 1. The lowest BCUT2D eigenvalue weighted by Gasteiger charge is -2.18. The van der Waals surface area contributed by atoms with Crippen molar-refractivity contribution < 1.29 is 13.2 Å². The zero-order chi connectivity index (χ0) is 14.3. The van der Waals surface area contributed by atoms with Crippen LogP contribution < -0.4 is 4.72 Å². The van der Waals surface area contributed by atoms with Crippen LogP contribution in [0.2, 0.25) is 0 Å². The third kappa shape index (κ3) is 5.46. The van der Waals surface area contributed by atoms with Crippen molar-refractivity contribution in [1.29, 1.82) is 0 Å². The third-order valence-electron chi connectivity index (χ3n) is 3.30. The molecule has 0 atom stereocenters. The molecule has 7 heteroatoms. The van der Waals surface area contributed by atoms with Crippen LogP contribution in [-0.4, -0.2) is 56.8 Å². The number of carbonyl (C=O) groups is 1. The molecule has 0 aromatic rings. The number of hydrogen-bond donors (Lipinski definition) is 1. The van der Waals surface area contributed by atoms with Crippen molar-refractivity contribution >= 4 is 16.1 Å². The molecule has 0 saturated carbocycles. The Morgan fingerprint density at radius 3 is 2.68 bits per heavy atom. The van der Waals surface area contributed by atoms with Gasteiger partial charge in [-0.3, -0.25) is 4.79 Å². The summed E-state index contributed by atoms with van der Waals surface area (Å²) in [4.78, 5) is 13.2. The SMILES string of the molecule is CCCCN(C)S(=O)(=O)NCCCN1CCCC1=O. The van der Waals surface area contributed by atoms with Crippen molar-refractivity contribution in [2.75, 3.05) is 33.2 Å². The molecule has 0 radical (unpaired) electrons. The molecule has 0 spiro atoms. The summed E-state index contributed by atoms with van der Waals surface area (Å²) < 4.78 is 27.6. The molecule has 1 saturated heterocycles. The molecule has 1 aliphatic heterocycles. The van der Waals surface area contributed by atoms with Crippen LogP contribution in [0.5, 0.6) is 0 Å². The fraction of sp³-hybridized carbons (Fsp3) is 0.917. The van der Waals surface area contributed by atoms with E-state index in [1.54, 1.807) is 11.9 Å². The number of hydrogen-bond acceptors (Lipinski definition) is 3. The quantitative estimate of drug-likeness (QED) is 0.631. The number of unbranched alkanes of at least 4 members (excludes halogenated alkanes) is 1. The maximum Gasteiger partial charge on any atom is 0.279 e. The molecule has 1 heterocycles. The van der Waals surface area contributed by atoms with E-state index in [4.69, 9.17) is 0 Å². The summed E-state index contributed by atoms with van der Waals surface area (Å²) in [6.07, 6.45) is 4.04. The molecule has 0 aromatic heterocycles. The van der Waals surface area contributed by atoms with Crippen molar-refractivity contribution in [1.82, 2.24) is 13.9 Å². The maximum absolute atomic E-state index is 11.8. The number of nitrogens with one attached hydrogen (secondary N) is 1. The average molecular weight is 291 g/mol. The van der Waals surface area contributed by atoms with E-state index in [0.717, 1.165) is 25.8 Å². The standard InChI is InChI=1S/C12H25N3O3S/c1-3-4-9-14(2)19(17,18)13-8-6-11-15-10-5-7-12(15)16/h13H,3-11H2,1-2H3. The fourth-order valence-corrected chi connectivity index (χ4v) is 3.01. The summed E-state index contributed by atoms with van der Waals surface area (Å²) in [5, 5.41) is 0. The van der Waals surface area contributed by atoms with Crippen molar-refractivity contribution in [2.24, 2.45) is 0 Å². The van der Waals surface area contributed by atoms with E-state index < -0.39 is 10.2 Å². The highest BCUT2D eigenvalue weighted by Crippen LogP contribution is 2.09. The first-order valence-electron chi connectivity index (χ1n) is 6.96. The van der Waals surface area contributed by atoms with Gasteiger partial charge < -0.3 is 4.90 Å². The van der Waals surface area contributed by atoms with Gasteiger partial charge in [0, 0.05) is 39.6 Å². The summed E-state index contributed by atoms with van der Waals surface area (Å²) in [7, 11) is -1.78. The molecule has 1 fully saturated rings. The lowest BCUT2D eigenvalue weighted by molar-refractivity contribution is -0.127. The van der Waals surface area contributed by atoms with Gasteiger partial charge in [-0.15, -0.1) is 0 Å². The smallest absolute Gasteiger partial charge is 0.279 e. The van der Waals surface area contributed by atoms with Crippen molar-refractivity contribution in [2.45, 2.75) is 39.0 Å². The summed E-state index contributed by atoms with van der Waals surface area (Å²) >= 11 is 0. The van der Waals surface area contributed by atoms with Gasteiger partial charge in [0.25, 0.3) is 10.2 Å². The Hall–Kier alpha value is -0.660. The number of carbonyl (C=O) groups excluding carboxylic acids is 1. The summed E-state index contributed by atoms with van der Waals surface area (Å²) in [5.74, 6) is 0.183. The normalized spacial score (nSPS) is 16.6. The van der Waals surface area contributed by atoms with E-state index >= 15 is 0 Å². The van der Waals surface area contributed by atoms with E-state index in [9.17, 15) is 13.2 Å². The van der Waals surface area contributed by atoms with E-state index in [1.807, 2.05) is 6.92 Å². The van der Waals surface area contributed by atoms with Gasteiger partial charge >= 0.3 is 0 Å². The zero-order valence-corrected chi connectivity index (χ0v) is 12.7. The molecule has 112 valence electrons. The molecule has 1 amide bonds. The molecule has 6 nitrogen and oxygen atoms in total. The van der Waals surface area contributed by atoms with Gasteiger partial charge in [0.2, 0.25) is 5.91 Å². The molecule has 0 aliphatic carbocycles. The highest BCUT2D eigenvalue weighted by atomic mass is 32.2. The van der Waals surface area contributed by atoms with Crippen molar-refractivity contribution in [3.63, 3.8) is 0 Å². The van der Waals surface area contributed by atoms with Crippen LogP contribution in [0.1, 0.15) is 39.0 Å². The minimum Gasteiger partial charge on any atom is -0.343 e. The average Bonchev–Trinajstić information content (AvgIpc) is 2.77. The van der Waals surface area contributed by atoms with Crippen LogP contribution in [-0.2, 0) is 15.0 Å². The Bertz CT molecular complexity index is 384. The highest BCUT2D eigenvalue weighted by molar-refractivity contribution is 7.87. The predicted octanol–water partition coefficient (Wildman–Crippen LogP) is 0.565. The van der Waals surface area contributed by atoms with Crippen molar-refractivity contribution in [3.05, 3.63) is 0 Å². The topological polar surface area (TPSA) is 69.7 Å². The Morgan fingerprint density at radius 1 is 1.37 bits per heavy atom. The van der Waals surface area contributed by atoms with Gasteiger partial charge in [0.15, 0.2) is 0 Å². The molecular formula is C12H25N3O3S. The Balaban J connectivity index is 2.22. The Morgan fingerprint density at radius 2 is 2.11 bits per heavy atom. The maximum atomic E-state index is 11.8. The first-order valence-corrected chi connectivity index (χ1v) is 8.40. The van der Waals surface area contributed by atoms with Crippen LogP contribution >= 0.6 is 0 Å². The molecular weight excluding hydrogens is 266 g/mol. The molecule has 19 heavy (non-hydrogen) atoms. The van der Waals surface area contributed by atoms with E-state index in [2.05, 4.69) is 4.72 Å². The largest absolute Gasteiger partial charge is 0.343 e. The molecule has 0 unspecified atom stereocenters. The lowest BCUT2D eigenvalue weighted by atomic mass is 10.3. The molecule has 1 rings (SSSR count). The summed E-state index contributed by atoms with van der Waals surface area (Å²) in [5.41, 5.74) is 0. The first-order chi connectivity index (χ1) is 8.97. The van der Waals surface area contributed by atoms with Gasteiger partial charge in [-0.05, 0) is 19.3 Å². The van der Waals surface area contributed by atoms with Gasteiger partial charge in [-0.25, -0.2) is 4.72 Å². The van der Waals surface area contributed by atoms with Gasteiger partial charge in [-0.1, -0.05) is 13.3 Å². The van der Waals surface area contributed by atoms with Gasteiger partial charge in [-0.2, -0.15) is 12.7 Å². The Labute approximate surface area is 116 Å². The van der Waals surface area contributed by atoms with Crippen LogP contribution in [0.4, 0.5) is 0 Å². The molecule has 0 bridgehead atoms. The summed E-state index contributed by atoms with van der Waals surface area (Å²) in [6, 6.07) is 0. The van der Waals surface area contributed by atoms with Crippen LogP contribution in [0, 0.1) is 0 Å². The zero-order valence-electron chi connectivity index (χ0n) is 11.9. The van der Waals surface area contributed by atoms with Crippen LogP contribution in [0.15, 0.2) is 0 Å². The van der Waals surface area contributed by atoms with Crippen molar-refractivity contribution in [3.8, 4) is 0 Å². The number of rotatable bonds is 9. The second-order valence-corrected chi connectivity index (χ2v) is 6.77. The first kappa shape index (κ1) is 16.4. The van der Waals surface area contributed by atoms with Crippen LogP contribution in [0.3, 0.4) is 0 Å². The van der Waals surface area contributed by atoms with E-state index in [-0.39, 0.29) is 5.91 Å². The highest BCUT2D eigenvalue weighted by Gasteiger charge is 2.20. The molecule has 1 N–H and O–H groups in total. The second-order valence-electron chi connectivity index (χ2n) is 4.91. The van der Waals surface area contributed by atoms with E-state index in [1.165, 1.54) is 4.31 Å². The minimum atomic E-state index is -3.36. The third-order valence-corrected chi connectivity index (χ3v) is 4.87. The predicted molar refractivity (Wildman–Crippen MR) is 74.9 cm³/mol. The lowest BCUT2D eigenvalue weighted by Crippen LogP contribution is -2.40. The van der Waals surface area contributed by atoms with E-state index in [0.29, 0.717) is 32.5 Å². The second kappa shape index (κ2) is 7.81. The number of likely N-dealkylation sites (tertiary alicyclic amines) is 1. The number of nitrogens with zero attached hydrogens (tertiary/aromatic N) is 2. The minimum absolute atomic E-state index is 0.183. The van der Waals surface area contributed by atoms with Gasteiger partial charge in [0.05, 0.1) is 0 Å². The fourth-order valence-electron chi connectivity index (χ4n) is 2.02. The Kier molecular flexibility index (Phi) is 6.74. The summed E-state index contributed by atoms with van der Waals surface area (Å²) in [6.45, 7) is 4.39. The molecule has 0 aromatic carbocycles. The molecule has 1 aliphatic rings. The van der Waals surface area contributed by atoms with Gasteiger partial charge in [0.1, 0.15) is 0 Å². The monoisotopic (exact) mass is 291 g/mol. The van der Waals surface area contributed by atoms with Crippen LogP contribution in [0.25, 0.3) is 0 Å².